The second kappa shape index (κ2) is 10.9. The van der Waals surface area contributed by atoms with E-state index in [0.717, 1.165) is 0 Å². The molecule has 0 atom stereocenters. The molecule has 6 nitrogen and oxygen atoms in total. The maximum atomic E-state index is 13.0. The van der Waals surface area contributed by atoms with E-state index in [-0.39, 0.29) is 12.5 Å². The van der Waals surface area contributed by atoms with Gasteiger partial charge in [-0.2, -0.15) is 0 Å². The van der Waals surface area contributed by atoms with E-state index in [1.165, 1.54) is 0 Å². The quantitative estimate of drug-likeness (QED) is 0.344. The van der Waals surface area contributed by atoms with Gasteiger partial charge in [0.05, 0.1) is 17.9 Å². The number of carbonyl (C=O) groups excluding carboxylic acids is 2. The Morgan fingerprint density at radius 1 is 0.938 bits per heavy atom. The number of rotatable bonds is 8. The Hall–Kier alpha value is -3.22. The average Bonchev–Trinajstić information content (AvgIpc) is 2.79. The van der Waals surface area contributed by atoms with Crippen LogP contribution in [-0.4, -0.2) is 25.5 Å². The van der Waals surface area contributed by atoms with Gasteiger partial charge in [0.15, 0.2) is 0 Å². The zero-order chi connectivity index (χ0) is 23.1. The van der Waals surface area contributed by atoms with Crippen LogP contribution in [0.25, 0.3) is 0 Å². The summed E-state index contributed by atoms with van der Waals surface area (Å²) in [6, 6.07) is 18.7. The normalized spacial score (nSPS) is 10.4. The summed E-state index contributed by atoms with van der Waals surface area (Å²) in [5.74, 6) is -0.108. The predicted octanol–water partition coefficient (Wildman–Crippen LogP) is 5.53. The molecule has 0 saturated carbocycles. The van der Waals surface area contributed by atoms with Crippen LogP contribution in [0.1, 0.15) is 33.2 Å². The molecule has 0 aliphatic carbocycles. The standard InChI is InChI=1S/C24H22Cl2N2O4/c1-3-31-24(30)16-5-10-20(11-6-16)28(2)27-23(29)22-14-19(26)7-4-17(22)15-32-21-12-8-18(25)9-13-21/h4-14H,3,15H2,1-2H3,(H,27,29). The lowest BCUT2D eigenvalue weighted by molar-refractivity contribution is 0.0526. The minimum atomic E-state index is -0.394. The van der Waals surface area contributed by atoms with Crippen LogP contribution in [0.5, 0.6) is 5.75 Å². The van der Waals surface area contributed by atoms with Crippen molar-refractivity contribution >= 4 is 40.8 Å². The number of esters is 1. The lowest BCUT2D eigenvalue weighted by Crippen LogP contribution is -2.39. The predicted molar refractivity (Wildman–Crippen MR) is 126 cm³/mol. The van der Waals surface area contributed by atoms with Crippen LogP contribution in [0.15, 0.2) is 66.7 Å². The fourth-order valence-corrected chi connectivity index (χ4v) is 3.19. The number of ether oxygens (including phenoxy) is 2. The van der Waals surface area contributed by atoms with Crippen molar-refractivity contribution in [3.8, 4) is 5.75 Å². The molecule has 0 fully saturated rings. The summed E-state index contributed by atoms with van der Waals surface area (Å²) in [5, 5.41) is 2.61. The third kappa shape index (κ3) is 6.15. The first-order chi connectivity index (χ1) is 15.4. The molecule has 8 heteroatoms. The first kappa shape index (κ1) is 23.4. The van der Waals surface area contributed by atoms with Crippen LogP contribution in [0.3, 0.4) is 0 Å². The number of hydrogen-bond acceptors (Lipinski definition) is 5. The summed E-state index contributed by atoms with van der Waals surface area (Å²) in [6.45, 7) is 2.24. The van der Waals surface area contributed by atoms with Gasteiger partial charge in [-0.1, -0.05) is 29.3 Å². The summed E-state index contributed by atoms with van der Waals surface area (Å²) in [4.78, 5) is 24.8. The van der Waals surface area contributed by atoms with Crippen LogP contribution in [0, 0.1) is 0 Å². The van der Waals surface area contributed by atoms with Gasteiger partial charge in [-0.05, 0) is 67.6 Å². The van der Waals surface area contributed by atoms with Gasteiger partial charge in [-0.25, -0.2) is 4.79 Å². The monoisotopic (exact) mass is 472 g/mol. The van der Waals surface area contributed by atoms with Gasteiger partial charge < -0.3 is 9.47 Å². The highest BCUT2D eigenvalue weighted by atomic mass is 35.5. The van der Waals surface area contributed by atoms with E-state index in [9.17, 15) is 9.59 Å². The van der Waals surface area contributed by atoms with Crippen LogP contribution < -0.4 is 15.2 Å². The SMILES string of the molecule is CCOC(=O)c1ccc(N(C)NC(=O)c2cc(Cl)ccc2COc2ccc(Cl)cc2)cc1. The van der Waals surface area contributed by atoms with Gasteiger partial charge in [0.2, 0.25) is 0 Å². The Morgan fingerprint density at radius 2 is 1.59 bits per heavy atom. The van der Waals surface area contributed by atoms with Crippen molar-refractivity contribution < 1.29 is 19.1 Å². The molecule has 0 aliphatic heterocycles. The Bertz CT molecular complexity index is 1090. The zero-order valence-corrected chi connectivity index (χ0v) is 19.1. The minimum absolute atomic E-state index is 0.180. The fraction of sp³-hybridized carbons (Fsp3) is 0.167. The topological polar surface area (TPSA) is 67.9 Å². The molecule has 1 amide bonds. The number of hydrogen-bond donors (Lipinski definition) is 1. The van der Waals surface area contributed by atoms with E-state index >= 15 is 0 Å². The summed E-state index contributed by atoms with van der Waals surface area (Å²) in [6.07, 6.45) is 0. The van der Waals surface area contributed by atoms with Crippen LogP contribution >= 0.6 is 23.2 Å². The van der Waals surface area contributed by atoms with E-state index in [2.05, 4.69) is 5.43 Å². The summed E-state index contributed by atoms with van der Waals surface area (Å²) in [7, 11) is 1.70. The van der Waals surface area contributed by atoms with Gasteiger partial charge in [0.25, 0.3) is 5.91 Å². The lowest BCUT2D eigenvalue weighted by atomic mass is 10.1. The lowest BCUT2D eigenvalue weighted by Gasteiger charge is -2.21. The molecule has 0 bridgehead atoms. The number of anilines is 1. The number of benzene rings is 3. The highest BCUT2D eigenvalue weighted by molar-refractivity contribution is 6.31. The van der Waals surface area contributed by atoms with E-state index < -0.39 is 5.97 Å². The van der Waals surface area contributed by atoms with Crippen LogP contribution in [0.2, 0.25) is 10.0 Å². The molecule has 0 radical (unpaired) electrons. The molecule has 166 valence electrons. The molecule has 0 aliphatic rings. The van der Waals surface area contributed by atoms with Crippen LogP contribution in [0.4, 0.5) is 5.69 Å². The first-order valence-electron chi connectivity index (χ1n) is 9.86. The van der Waals surface area contributed by atoms with Crippen molar-refractivity contribution in [1.29, 1.82) is 0 Å². The minimum Gasteiger partial charge on any atom is -0.489 e. The first-order valence-corrected chi connectivity index (χ1v) is 10.6. The number of carbonyl (C=O) groups is 2. The van der Waals surface area contributed by atoms with Crippen molar-refractivity contribution in [2.24, 2.45) is 0 Å². The van der Waals surface area contributed by atoms with Crippen molar-refractivity contribution in [2.75, 3.05) is 18.7 Å². The van der Waals surface area contributed by atoms with E-state index in [4.69, 9.17) is 32.7 Å². The molecule has 1 N–H and O–H groups in total. The Balaban J connectivity index is 1.70. The molecule has 0 heterocycles. The molecule has 0 aromatic heterocycles. The third-order valence-electron chi connectivity index (χ3n) is 4.56. The number of halogens is 2. The molecular formula is C24H22Cl2N2O4. The van der Waals surface area contributed by atoms with Crippen molar-refractivity contribution in [3.05, 3.63) is 93.5 Å². The van der Waals surface area contributed by atoms with E-state index in [1.54, 1.807) is 85.7 Å². The molecule has 32 heavy (non-hydrogen) atoms. The zero-order valence-electron chi connectivity index (χ0n) is 17.6. The van der Waals surface area contributed by atoms with Gasteiger partial charge in [-0.3, -0.25) is 15.2 Å². The molecule has 0 unspecified atom stereocenters. The summed E-state index contributed by atoms with van der Waals surface area (Å²) in [5.41, 5.74) is 4.99. The van der Waals surface area contributed by atoms with Crippen molar-refractivity contribution in [2.45, 2.75) is 13.5 Å². The van der Waals surface area contributed by atoms with Crippen LogP contribution in [-0.2, 0) is 11.3 Å². The molecule has 3 aromatic carbocycles. The number of nitrogens with one attached hydrogen (secondary N) is 1. The molecule has 0 spiro atoms. The molecular weight excluding hydrogens is 451 g/mol. The molecule has 3 aromatic rings. The Morgan fingerprint density at radius 3 is 2.25 bits per heavy atom. The maximum absolute atomic E-state index is 13.0. The molecule has 3 rings (SSSR count). The number of amides is 1. The fourth-order valence-electron chi connectivity index (χ4n) is 2.89. The molecule has 0 saturated heterocycles. The summed E-state index contributed by atoms with van der Waals surface area (Å²) < 4.78 is 10.8. The van der Waals surface area contributed by atoms with E-state index in [0.29, 0.717) is 44.8 Å². The van der Waals surface area contributed by atoms with Crippen molar-refractivity contribution in [3.63, 3.8) is 0 Å². The highest BCUT2D eigenvalue weighted by Gasteiger charge is 2.15. The average molecular weight is 473 g/mol. The second-order valence-electron chi connectivity index (χ2n) is 6.81. The maximum Gasteiger partial charge on any atom is 0.338 e. The smallest absolute Gasteiger partial charge is 0.338 e. The van der Waals surface area contributed by atoms with E-state index in [1.807, 2.05) is 0 Å². The largest absolute Gasteiger partial charge is 0.489 e. The van der Waals surface area contributed by atoms with Gasteiger partial charge in [0.1, 0.15) is 12.4 Å². The van der Waals surface area contributed by atoms with Gasteiger partial charge in [-0.15, -0.1) is 0 Å². The highest BCUT2D eigenvalue weighted by Crippen LogP contribution is 2.21. The number of nitrogens with zero attached hydrogens (tertiary/aromatic N) is 1. The van der Waals surface area contributed by atoms with Gasteiger partial charge >= 0.3 is 5.97 Å². The third-order valence-corrected chi connectivity index (χ3v) is 5.05. The summed E-state index contributed by atoms with van der Waals surface area (Å²) >= 11 is 12.0. The Labute approximate surface area is 196 Å². The second-order valence-corrected chi connectivity index (χ2v) is 7.68. The Kier molecular flexibility index (Phi) is 7.98. The van der Waals surface area contributed by atoms with Gasteiger partial charge in [0, 0.05) is 28.2 Å². The number of hydrazine groups is 1. The van der Waals surface area contributed by atoms with Crippen molar-refractivity contribution in [1.82, 2.24) is 5.43 Å².